The number of rotatable bonds is 2. The van der Waals surface area contributed by atoms with Crippen LogP contribution in [0.25, 0.3) is 0 Å². The monoisotopic (exact) mass is 325 g/mol. The van der Waals surface area contributed by atoms with Crippen LogP contribution in [-0.2, 0) is 0 Å². The van der Waals surface area contributed by atoms with Gasteiger partial charge in [0.1, 0.15) is 23.4 Å². The fraction of sp³-hybridized carbons (Fsp3) is 0. The van der Waals surface area contributed by atoms with Gasteiger partial charge in [-0.05, 0) is 46.3 Å². The van der Waals surface area contributed by atoms with Crippen molar-refractivity contribution in [2.45, 2.75) is 0 Å². The third-order valence-corrected chi connectivity index (χ3v) is 3.12. The lowest BCUT2D eigenvalue weighted by Gasteiger charge is -2.08. The maximum atomic E-state index is 12.9. The third kappa shape index (κ3) is 2.81. The minimum atomic E-state index is -0.355. The smallest absolute Gasteiger partial charge is 0.141 e. The third-order valence-electron chi connectivity index (χ3n) is 2.18. The largest absolute Gasteiger partial charge is 0.456 e. The van der Waals surface area contributed by atoms with Gasteiger partial charge in [0.25, 0.3) is 0 Å². The SMILES string of the molecule is N#Cc1ccc(Oc2ccc(F)cc2Br)cc1Cl. The molecule has 18 heavy (non-hydrogen) atoms. The van der Waals surface area contributed by atoms with E-state index in [1.54, 1.807) is 12.1 Å². The molecule has 0 saturated heterocycles. The minimum absolute atomic E-state index is 0.313. The molecule has 0 atom stereocenters. The predicted octanol–water partition coefficient (Wildman–Crippen LogP) is 4.91. The molecule has 0 aliphatic heterocycles. The van der Waals surface area contributed by atoms with E-state index in [0.29, 0.717) is 26.6 Å². The van der Waals surface area contributed by atoms with Crippen molar-refractivity contribution >= 4 is 27.5 Å². The van der Waals surface area contributed by atoms with Gasteiger partial charge in [0.15, 0.2) is 0 Å². The van der Waals surface area contributed by atoms with Crippen molar-refractivity contribution < 1.29 is 9.13 Å². The first-order valence-electron chi connectivity index (χ1n) is 4.92. The Morgan fingerprint density at radius 3 is 2.61 bits per heavy atom. The van der Waals surface area contributed by atoms with Crippen molar-refractivity contribution in [1.82, 2.24) is 0 Å². The molecule has 2 aromatic carbocycles. The van der Waals surface area contributed by atoms with Gasteiger partial charge in [0.2, 0.25) is 0 Å². The highest BCUT2D eigenvalue weighted by Crippen LogP contribution is 2.31. The zero-order valence-electron chi connectivity index (χ0n) is 8.95. The first-order chi connectivity index (χ1) is 8.60. The standard InChI is InChI=1S/C13H6BrClFNO/c14-11-5-9(16)2-4-13(11)18-10-3-1-8(7-17)12(15)6-10/h1-6H. The average molecular weight is 327 g/mol. The molecule has 0 N–H and O–H groups in total. The number of nitrogens with zero attached hydrogens (tertiary/aromatic N) is 1. The first kappa shape index (κ1) is 12.9. The lowest BCUT2D eigenvalue weighted by atomic mass is 10.2. The highest BCUT2D eigenvalue weighted by molar-refractivity contribution is 9.10. The fourth-order valence-electron chi connectivity index (χ4n) is 1.33. The summed E-state index contributed by atoms with van der Waals surface area (Å²) in [6.07, 6.45) is 0. The number of ether oxygens (including phenoxy) is 1. The molecular formula is C13H6BrClFNO. The molecule has 0 saturated carbocycles. The van der Waals surface area contributed by atoms with Gasteiger partial charge in [-0.2, -0.15) is 5.26 Å². The van der Waals surface area contributed by atoms with Gasteiger partial charge in [-0.25, -0.2) is 4.39 Å². The van der Waals surface area contributed by atoms with Crippen LogP contribution in [0.1, 0.15) is 5.56 Å². The normalized spacial score (nSPS) is 9.89. The summed E-state index contributed by atoms with van der Waals surface area (Å²) in [4.78, 5) is 0. The quantitative estimate of drug-likeness (QED) is 0.786. The minimum Gasteiger partial charge on any atom is -0.456 e. The van der Waals surface area contributed by atoms with E-state index in [1.807, 2.05) is 6.07 Å². The summed E-state index contributed by atoms with van der Waals surface area (Å²) in [7, 11) is 0. The van der Waals surface area contributed by atoms with Crippen molar-refractivity contribution in [1.29, 1.82) is 5.26 Å². The van der Waals surface area contributed by atoms with Crippen molar-refractivity contribution in [3.63, 3.8) is 0 Å². The predicted molar refractivity (Wildman–Crippen MR) is 70.3 cm³/mol. The van der Waals surface area contributed by atoms with E-state index in [9.17, 15) is 4.39 Å². The van der Waals surface area contributed by atoms with Gasteiger partial charge in [0, 0.05) is 6.07 Å². The number of halogens is 3. The molecule has 0 amide bonds. The summed E-state index contributed by atoms with van der Waals surface area (Å²) in [6, 6.07) is 10.8. The van der Waals surface area contributed by atoms with Crippen molar-refractivity contribution in [3.8, 4) is 17.6 Å². The van der Waals surface area contributed by atoms with Crippen LogP contribution >= 0.6 is 27.5 Å². The summed E-state index contributed by atoms with van der Waals surface area (Å²) in [5.74, 6) is 0.593. The van der Waals surface area contributed by atoms with Crippen LogP contribution in [0.5, 0.6) is 11.5 Å². The van der Waals surface area contributed by atoms with E-state index in [4.69, 9.17) is 21.6 Å². The molecule has 0 spiro atoms. The lowest BCUT2D eigenvalue weighted by molar-refractivity contribution is 0.477. The van der Waals surface area contributed by atoms with E-state index in [1.165, 1.54) is 24.3 Å². The molecule has 2 nitrogen and oxygen atoms in total. The van der Waals surface area contributed by atoms with Gasteiger partial charge < -0.3 is 4.74 Å². The van der Waals surface area contributed by atoms with Gasteiger partial charge >= 0.3 is 0 Å². The van der Waals surface area contributed by atoms with Crippen LogP contribution in [0, 0.1) is 17.1 Å². The molecule has 2 rings (SSSR count). The highest BCUT2D eigenvalue weighted by Gasteiger charge is 2.06. The zero-order valence-corrected chi connectivity index (χ0v) is 11.3. The van der Waals surface area contributed by atoms with E-state index in [2.05, 4.69) is 15.9 Å². The maximum Gasteiger partial charge on any atom is 0.141 e. The Morgan fingerprint density at radius 1 is 1.22 bits per heavy atom. The van der Waals surface area contributed by atoms with Crippen molar-refractivity contribution in [2.75, 3.05) is 0 Å². The molecule has 2 aromatic rings. The fourth-order valence-corrected chi connectivity index (χ4v) is 1.98. The van der Waals surface area contributed by atoms with E-state index < -0.39 is 0 Å². The summed E-state index contributed by atoms with van der Waals surface area (Å²) in [6.45, 7) is 0. The molecule has 5 heteroatoms. The van der Waals surface area contributed by atoms with Crippen LogP contribution in [0.15, 0.2) is 40.9 Å². The summed E-state index contributed by atoms with van der Waals surface area (Å²) in [5, 5.41) is 9.06. The Morgan fingerprint density at radius 2 is 2.00 bits per heavy atom. The highest BCUT2D eigenvalue weighted by atomic mass is 79.9. The van der Waals surface area contributed by atoms with E-state index >= 15 is 0 Å². The summed E-state index contributed by atoms with van der Waals surface area (Å²) < 4.78 is 18.9. The van der Waals surface area contributed by atoms with Gasteiger partial charge in [-0.3, -0.25) is 0 Å². The van der Waals surface area contributed by atoms with Crippen molar-refractivity contribution in [2.24, 2.45) is 0 Å². The van der Waals surface area contributed by atoms with E-state index in [-0.39, 0.29) is 5.82 Å². The number of nitriles is 1. The molecule has 0 aliphatic rings. The molecule has 0 heterocycles. The molecule has 90 valence electrons. The van der Waals surface area contributed by atoms with Crippen molar-refractivity contribution in [3.05, 3.63) is 57.3 Å². The van der Waals surface area contributed by atoms with Gasteiger partial charge in [-0.15, -0.1) is 0 Å². The Labute approximate surface area is 117 Å². The molecule has 0 aliphatic carbocycles. The Kier molecular flexibility index (Phi) is 3.85. The van der Waals surface area contributed by atoms with E-state index in [0.717, 1.165) is 0 Å². The second-order valence-electron chi connectivity index (χ2n) is 3.43. The maximum absolute atomic E-state index is 12.9. The Hall–Kier alpha value is -1.57. The number of hydrogen-bond donors (Lipinski definition) is 0. The van der Waals surface area contributed by atoms with Crippen LogP contribution in [0.2, 0.25) is 5.02 Å². The molecule has 0 aromatic heterocycles. The van der Waals surface area contributed by atoms with Crippen LogP contribution in [0.3, 0.4) is 0 Å². The molecular weight excluding hydrogens is 321 g/mol. The lowest BCUT2D eigenvalue weighted by Crippen LogP contribution is -1.87. The molecule has 0 fully saturated rings. The molecule has 0 bridgehead atoms. The summed E-state index contributed by atoms with van der Waals surface area (Å²) >= 11 is 9.09. The van der Waals surface area contributed by atoms with Crippen LogP contribution in [-0.4, -0.2) is 0 Å². The number of benzene rings is 2. The topological polar surface area (TPSA) is 33.0 Å². The van der Waals surface area contributed by atoms with Crippen LogP contribution < -0.4 is 4.74 Å². The summed E-state index contributed by atoms with van der Waals surface area (Å²) in [5.41, 5.74) is 0.377. The van der Waals surface area contributed by atoms with Gasteiger partial charge in [-0.1, -0.05) is 11.6 Å². The molecule has 0 radical (unpaired) electrons. The Bertz CT molecular complexity index is 639. The first-order valence-corrected chi connectivity index (χ1v) is 6.10. The van der Waals surface area contributed by atoms with Crippen LogP contribution in [0.4, 0.5) is 4.39 Å². The number of hydrogen-bond acceptors (Lipinski definition) is 2. The Balaban J connectivity index is 2.29. The molecule has 0 unspecified atom stereocenters. The second-order valence-corrected chi connectivity index (χ2v) is 4.69. The van der Waals surface area contributed by atoms with Gasteiger partial charge in [0.05, 0.1) is 15.1 Å². The average Bonchev–Trinajstić information content (AvgIpc) is 2.33. The zero-order chi connectivity index (χ0) is 13.1. The second kappa shape index (κ2) is 5.38.